The quantitative estimate of drug-likeness (QED) is 0.173. The molecule has 54 heavy (non-hydrogen) atoms. The van der Waals surface area contributed by atoms with Crippen LogP contribution in [-0.4, -0.2) is 87.0 Å². The van der Waals surface area contributed by atoms with Crippen molar-refractivity contribution >= 4 is 29.5 Å². The van der Waals surface area contributed by atoms with Crippen LogP contribution in [-0.2, 0) is 45.1 Å². The normalized spacial score (nSPS) is 20.3. The summed E-state index contributed by atoms with van der Waals surface area (Å²) in [7, 11) is 0. The van der Waals surface area contributed by atoms with Crippen LogP contribution in [0.1, 0.15) is 52.5 Å². The van der Waals surface area contributed by atoms with E-state index in [0.29, 0.717) is 24.4 Å². The fourth-order valence-corrected chi connectivity index (χ4v) is 5.86. The Hall–Kier alpha value is -6.09. The number of nitrogens with one attached hydrogen (secondary N) is 5. The van der Waals surface area contributed by atoms with Crippen molar-refractivity contribution in [3.63, 3.8) is 0 Å². The highest BCUT2D eigenvalue weighted by Crippen LogP contribution is 2.21. The Balaban J connectivity index is 1.38. The summed E-state index contributed by atoms with van der Waals surface area (Å²) in [5.74, 6) is -2.56. The first-order chi connectivity index (χ1) is 26.0. The van der Waals surface area contributed by atoms with Gasteiger partial charge in [-0.15, -0.1) is 5.10 Å². The molecule has 2 heterocycles. The number of aliphatic hydroxyl groups excluding tert-OH is 1. The molecule has 5 rings (SSSR count). The van der Waals surface area contributed by atoms with Gasteiger partial charge in [-0.25, -0.2) is 0 Å². The van der Waals surface area contributed by atoms with Crippen LogP contribution in [0.3, 0.4) is 0 Å². The van der Waals surface area contributed by atoms with Crippen molar-refractivity contribution < 1.29 is 33.8 Å². The lowest BCUT2D eigenvalue weighted by Gasteiger charge is -2.25. The van der Waals surface area contributed by atoms with Crippen LogP contribution in [0, 0.1) is 6.92 Å². The van der Waals surface area contributed by atoms with Crippen molar-refractivity contribution in [1.29, 1.82) is 0 Å². The van der Waals surface area contributed by atoms with Gasteiger partial charge in [-0.1, -0.05) is 71.9 Å². The molecule has 4 atom stereocenters. The summed E-state index contributed by atoms with van der Waals surface area (Å²) in [5.41, 5.74) is 3.21. The van der Waals surface area contributed by atoms with Crippen molar-refractivity contribution in [2.75, 3.05) is 13.2 Å². The Morgan fingerprint density at radius 3 is 2.15 bits per heavy atom. The van der Waals surface area contributed by atoms with Gasteiger partial charge in [0.15, 0.2) is 0 Å². The number of aromatic nitrogens is 3. The molecule has 4 aromatic rings. The second-order valence-electron chi connectivity index (χ2n) is 13.2. The molecule has 2 bridgehead atoms. The van der Waals surface area contributed by atoms with Gasteiger partial charge in [0, 0.05) is 38.8 Å². The summed E-state index contributed by atoms with van der Waals surface area (Å²) in [6, 6.07) is 20.0. The van der Waals surface area contributed by atoms with E-state index in [2.05, 4.69) is 36.9 Å². The number of aryl methyl sites for hydroxylation is 2. The van der Waals surface area contributed by atoms with Gasteiger partial charge in [-0.2, -0.15) is 0 Å². The fraction of sp³-hybridized carbons (Fsp3) is 0.359. The topological polar surface area (TPSA) is 206 Å². The van der Waals surface area contributed by atoms with Gasteiger partial charge in [-0.05, 0) is 42.7 Å². The molecule has 5 amide bonds. The minimum Gasteiger partial charge on any atom is -0.493 e. The van der Waals surface area contributed by atoms with Gasteiger partial charge in [-0.3, -0.25) is 28.7 Å². The number of ether oxygens (including phenoxy) is 1. The molecule has 6 N–H and O–H groups in total. The van der Waals surface area contributed by atoms with Crippen LogP contribution in [0.15, 0.2) is 85.1 Å². The number of carbonyl (C=O) groups excluding carboxylic acids is 5. The lowest BCUT2D eigenvalue weighted by Crippen LogP contribution is -2.57. The summed E-state index contributed by atoms with van der Waals surface area (Å²) < 4.78 is 7.67. The zero-order chi connectivity index (χ0) is 38.5. The first-order valence-corrected chi connectivity index (χ1v) is 17.9. The lowest BCUT2D eigenvalue weighted by molar-refractivity contribution is -0.134. The molecule has 284 valence electrons. The monoisotopic (exact) mass is 738 g/mol. The number of rotatable bonds is 5. The van der Waals surface area contributed by atoms with Crippen molar-refractivity contribution in [3.8, 4) is 5.75 Å². The summed E-state index contributed by atoms with van der Waals surface area (Å²) in [6.07, 6.45) is 0.970. The van der Waals surface area contributed by atoms with Crippen molar-refractivity contribution in [1.82, 2.24) is 41.6 Å². The zero-order valence-corrected chi connectivity index (χ0v) is 30.3. The molecule has 0 unspecified atom stereocenters. The van der Waals surface area contributed by atoms with E-state index >= 15 is 0 Å². The first-order valence-electron chi connectivity index (χ1n) is 17.9. The van der Waals surface area contributed by atoms with Gasteiger partial charge >= 0.3 is 0 Å². The molecule has 0 radical (unpaired) electrons. The minimum absolute atomic E-state index is 0.0335. The molecule has 0 spiro atoms. The molecule has 1 aromatic heterocycles. The van der Waals surface area contributed by atoms with E-state index in [1.165, 1.54) is 6.92 Å². The summed E-state index contributed by atoms with van der Waals surface area (Å²) in [6.45, 7) is 3.83. The molecule has 15 nitrogen and oxygen atoms in total. The molecule has 0 aliphatic carbocycles. The van der Waals surface area contributed by atoms with Gasteiger partial charge < -0.3 is 36.4 Å². The number of amides is 5. The van der Waals surface area contributed by atoms with E-state index in [-0.39, 0.29) is 44.5 Å². The SMILES string of the molecule is Cc1ccc2c(c1)OCCCn1cc(nn1)CNC(=O)[C@@H](Cc1ccccc1)NC(=O)[C@H]([C@@H](C)O)NC(=O)CCNC(=O)[C@H](Cc1ccccc1)NC2=O. The number of aliphatic hydroxyl groups is 1. The van der Waals surface area contributed by atoms with Crippen LogP contribution in [0.5, 0.6) is 5.75 Å². The molecule has 0 fully saturated rings. The predicted molar refractivity (Wildman–Crippen MR) is 198 cm³/mol. The Labute approximate surface area is 313 Å². The van der Waals surface area contributed by atoms with Crippen LogP contribution in [0.4, 0.5) is 0 Å². The second kappa shape index (κ2) is 19.1. The maximum atomic E-state index is 13.7. The van der Waals surface area contributed by atoms with Gasteiger partial charge in [0.2, 0.25) is 23.6 Å². The van der Waals surface area contributed by atoms with E-state index in [9.17, 15) is 29.1 Å². The number of carbonyl (C=O) groups is 5. The first kappa shape index (κ1) is 39.1. The highest BCUT2D eigenvalue weighted by molar-refractivity contribution is 6.00. The third-order valence-corrected chi connectivity index (χ3v) is 8.75. The average Bonchev–Trinajstić information content (AvgIpc) is 3.62. The standard InChI is InChI=1S/C39H46N8O7/c1-25-14-15-30-33(20-25)54-19-9-18-47-24-29(45-46-47)23-41-38(52)32(22-28-12-7-4-8-13-28)43-39(53)35(26(2)48)44-34(49)16-17-40-37(51)31(42-36(30)50)21-27-10-5-3-6-11-27/h3-8,10-15,20,24,26,31-32,35,48H,9,16-19,21-23H2,1-2H3,(H,40,51)(H,41,52)(H,42,50)(H,43,53)(H,44,49)/t26-,31+,32-,35+/m1/s1. The maximum Gasteiger partial charge on any atom is 0.255 e. The predicted octanol–water partition coefficient (Wildman–Crippen LogP) is 1.13. The number of hydrogen-bond acceptors (Lipinski definition) is 9. The third-order valence-electron chi connectivity index (χ3n) is 8.75. The molecule has 1 aliphatic heterocycles. The molecule has 1 aliphatic rings. The number of hydrogen-bond donors (Lipinski definition) is 6. The smallest absolute Gasteiger partial charge is 0.255 e. The zero-order valence-electron chi connectivity index (χ0n) is 30.3. The number of fused-ring (bicyclic) bond motifs is 3. The molecular weight excluding hydrogens is 692 g/mol. The molecular formula is C39H46N8O7. The fourth-order valence-electron chi connectivity index (χ4n) is 5.86. The van der Waals surface area contributed by atoms with Crippen molar-refractivity contribution in [2.45, 2.75) is 76.8 Å². The molecule has 0 saturated heterocycles. The molecule has 15 heteroatoms. The van der Waals surface area contributed by atoms with E-state index in [4.69, 9.17) is 4.74 Å². The van der Waals surface area contributed by atoms with Crippen molar-refractivity contribution in [3.05, 3.63) is 113 Å². The maximum absolute atomic E-state index is 13.7. The summed E-state index contributed by atoms with van der Waals surface area (Å²) >= 11 is 0. The largest absolute Gasteiger partial charge is 0.493 e. The van der Waals surface area contributed by atoms with Gasteiger partial charge in [0.1, 0.15) is 29.6 Å². The Bertz CT molecular complexity index is 1900. The molecule has 3 aromatic carbocycles. The second-order valence-corrected chi connectivity index (χ2v) is 13.2. The summed E-state index contributed by atoms with van der Waals surface area (Å²) in [4.78, 5) is 67.2. The Kier molecular flexibility index (Phi) is 13.9. The van der Waals surface area contributed by atoms with Crippen LogP contribution >= 0.6 is 0 Å². The van der Waals surface area contributed by atoms with Crippen LogP contribution in [0.25, 0.3) is 0 Å². The van der Waals surface area contributed by atoms with E-state index in [0.717, 1.165) is 16.7 Å². The lowest BCUT2D eigenvalue weighted by atomic mass is 10.0. The summed E-state index contributed by atoms with van der Waals surface area (Å²) in [5, 5.41) is 32.4. The van der Waals surface area contributed by atoms with Gasteiger partial charge in [0.25, 0.3) is 5.91 Å². The van der Waals surface area contributed by atoms with Crippen molar-refractivity contribution in [2.24, 2.45) is 0 Å². The number of benzene rings is 3. The number of nitrogens with zero attached hydrogens (tertiary/aromatic N) is 3. The Morgan fingerprint density at radius 1 is 0.833 bits per heavy atom. The third kappa shape index (κ3) is 11.5. The Morgan fingerprint density at radius 2 is 1.48 bits per heavy atom. The average molecular weight is 739 g/mol. The van der Waals surface area contributed by atoms with E-state index in [1.54, 1.807) is 29.1 Å². The van der Waals surface area contributed by atoms with Crippen LogP contribution in [0.2, 0.25) is 0 Å². The minimum atomic E-state index is -1.40. The highest BCUT2D eigenvalue weighted by atomic mass is 16.5. The van der Waals surface area contributed by atoms with Gasteiger partial charge in [0.05, 0.1) is 31.0 Å². The van der Waals surface area contributed by atoms with Crippen LogP contribution < -0.4 is 31.3 Å². The van der Waals surface area contributed by atoms with E-state index in [1.807, 2.05) is 67.6 Å². The molecule has 0 saturated carbocycles. The highest BCUT2D eigenvalue weighted by Gasteiger charge is 2.30. The van der Waals surface area contributed by atoms with E-state index < -0.39 is 53.8 Å².